The third-order valence-corrected chi connectivity index (χ3v) is 4.89. The lowest BCUT2D eigenvalue weighted by molar-refractivity contribution is 0.577. The van der Waals surface area contributed by atoms with Crippen LogP contribution < -0.4 is 10.2 Å². The van der Waals surface area contributed by atoms with Crippen LogP contribution in [-0.2, 0) is 6.54 Å². The first-order valence-corrected chi connectivity index (χ1v) is 9.83. The van der Waals surface area contributed by atoms with E-state index in [1.165, 1.54) is 68.6 Å². The number of thioether (sulfide) groups is 1. The van der Waals surface area contributed by atoms with Gasteiger partial charge in [0.2, 0.25) is 0 Å². The largest absolute Gasteiger partial charge is 0.372 e. The molecule has 1 N–H and O–H groups in total. The number of hydrogen-bond donors (Lipinski definition) is 1. The number of benzene rings is 1. The summed E-state index contributed by atoms with van der Waals surface area (Å²) in [6.45, 7) is 4.60. The van der Waals surface area contributed by atoms with Crippen molar-refractivity contribution in [1.29, 1.82) is 0 Å². The molecule has 0 saturated carbocycles. The number of unbranched alkanes of at least 4 members (excludes halogenated alkanes) is 2. The predicted octanol–water partition coefficient (Wildman–Crippen LogP) is 4.30. The molecule has 1 aliphatic heterocycles. The summed E-state index contributed by atoms with van der Waals surface area (Å²) in [4.78, 5) is 2.52. The molecule has 0 spiro atoms. The van der Waals surface area contributed by atoms with Gasteiger partial charge in [-0.3, -0.25) is 0 Å². The Balaban J connectivity index is 1.63. The van der Waals surface area contributed by atoms with Crippen molar-refractivity contribution < 1.29 is 0 Å². The molecule has 21 heavy (non-hydrogen) atoms. The van der Waals surface area contributed by atoms with Crippen LogP contribution in [0.25, 0.3) is 0 Å². The van der Waals surface area contributed by atoms with Gasteiger partial charge in [0.1, 0.15) is 0 Å². The fraction of sp³-hybridized carbons (Fsp3) is 0.667. The lowest BCUT2D eigenvalue weighted by Crippen LogP contribution is -2.29. The van der Waals surface area contributed by atoms with Gasteiger partial charge in [-0.2, -0.15) is 11.8 Å². The molecule has 0 aromatic heterocycles. The van der Waals surface area contributed by atoms with Crippen molar-refractivity contribution in [2.75, 3.05) is 36.5 Å². The minimum absolute atomic E-state index is 1.00. The molecule has 2 rings (SSSR count). The fourth-order valence-corrected chi connectivity index (χ4v) is 3.38. The molecule has 1 fully saturated rings. The van der Waals surface area contributed by atoms with E-state index in [4.69, 9.17) is 0 Å². The summed E-state index contributed by atoms with van der Waals surface area (Å²) in [5.41, 5.74) is 2.80. The number of rotatable bonds is 9. The van der Waals surface area contributed by atoms with Crippen molar-refractivity contribution in [3.8, 4) is 0 Å². The second-order valence-electron chi connectivity index (χ2n) is 5.94. The van der Waals surface area contributed by atoms with Gasteiger partial charge in [0.05, 0.1) is 0 Å². The molecule has 0 radical (unpaired) electrons. The Morgan fingerprint density at radius 2 is 1.76 bits per heavy atom. The molecule has 1 aliphatic rings. The lowest BCUT2D eigenvalue weighted by atomic mass is 10.1. The Morgan fingerprint density at radius 3 is 2.48 bits per heavy atom. The highest BCUT2D eigenvalue weighted by Gasteiger charge is 2.10. The fourth-order valence-electron chi connectivity index (χ4n) is 2.88. The van der Waals surface area contributed by atoms with Gasteiger partial charge in [-0.1, -0.05) is 18.6 Å². The van der Waals surface area contributed by atoms with Crippen LogP contribution in [0.3, 0.4) is 0 Å². The number of piperidine rings is 1. The van der Waals surface area contributed by atoms with Crippen LogP contribution in [0.1, 0.15) is 44.1 Å². The molecular weight excluding hydrogens is 276 g/mol. The summed E-state index contributed by atoms with van der Waals surface area (Å²) >= 11 is 1.95. The Hall–Kier alpha value is -0.670. The minimum Gasteiger partial charge on any atom is -0.372 e. The van der Waals surface area contributed by atoms with Crippen LogP contribution >= 0.6 is 11.8 Å². The second kappa shape index (κ2) is 10.1. The highest BCUT2D eigenvalue weighted by molar-refractivity contribution is 7.98. The first-order valence-electron chi connectivity index (χ1n) is 8.44. The summed E-state index contributed by atoms with van der Waals surface area (Å²) in [6.07, 6.45) is 10.3. The van der Waals surface area contributed by atoms with Gasteiger partial charge in [-0.05, 0) is 68.4 Å². The normalized spacial score (nSPS) is 15.4. The molecule has 0 unspecified atom stereocenters. The Labute approximate surface area is 134 Å². The van der Waals surface area contributed by atoms with Gasteiger partial charge in [-0.15, -0.1) is 0 Å². The van der Waals surface area contributed by atoms with E-state index in [0.717, 1.165) is 13.1 Å². The summed E-state index contributed by atoms with van der Waals surface area (Å²) < 4.78 is 0. The quantitative estimate of drug-likeness (QED) is 0.685. The molecule has 1 aromatic rings. The molecule has 118 valence electrons. The van der Waals surface area contributed by atoms with Gasteiger partial charge in [0.15, 0.2) is 0 Å². The Kier molecular flexibility index (Phi) is 8.05. The topological polar surface area (TPSA) is 15.3 Å². The highest BCUT2D eigenvalue weighted by Crippen LogP contribution is 2.20. The van der Waals surface area contributed by atoms with Crippen LogP contribution in [0.15, 0.2) is 24.3 Å². The zero-order valence-corrected chi connectivity index (χ0v) is 14.3. The summed E-state index contributed by atoms with van der Waals surface area (Å²) in [5.74, 6) is 1.30. The predicted molar refractivity (Wildman–Crippen MR) is 96.4 cm³/mol. The SMILES string of the molecule is CSCCCCCNCc1ccc(N2CCCCC2)cc1. The second-order valence-corrected chi connectivity index (χ2v) is 6.93. The molecular formula is C18H30N2S. The molecule has 3 heteroatoms. The third-order valence-electron chi connectivity index (χ3n) is 4.19. The van der Waals surface area contributed by atoms with Crippen molar-refractivity contribution in [2.24, 2.45) is 0 Å². The van der Waals surface area contributed by atoms with Crippen LogP contribution in [0.5, 0.6) is 0 Å². The number of anilines is 1. The maximum atomic E-state index is 3.56. The average Bonchev–Trinajstić information content (AvgIpc) is 2.55. The monoisotopic (exact) mass is 306 g/mol. The van der Waals surface area contributed by atoms with Crippen LogP contribution in [0.4, 0.5) is 5.69 Å². The zero-order valence-electron chi connectivity index (χ0n) is 13.4. The third kappa shape index (κ3) is 6.31. The van der Waals surface area contributed by atoms with E-state index in [1.54, 1.807) is 0 Å². The van der Waals surface area contributed by atoms with Crippen molar-refractivity contribution in [1.82, 2.24) is 5.32 Å². The van der Waals surface area contributed by atoms with Crippen LogP contribution in [-0.4, -0.2) is 31.6 Å². The summed E-state index contributed by atoms with van der Waals surface area (Å²) in [7, 11) is 0. The van der Waals surface area contributed by atoms with Crippen molar-refractivity contribution >= 4 is 17.4 Å². The van der Waals surface area contributed by atoms with Crippen molar-refractivity contribution in [3.63, 3.8) is 0 Å². The van der Waals surface area contributed by atoms with Gasteiger partial charge < -0.3 is 10.2 Å². The van der Waals surface area contributed by atoms with Gasteiger partial charge in [0, 0.05) is 25.3 Å². The van der Waals surface area contributed by atoms with E-state index in [9.17, 15) is 0 Å². The van der Waals surface area contributed by atoms with E-state index >= 15 is 0 Å². The lowest BCUT2D eigenvalue weighted by Gasteiger charge is -2.28. The first-order chi connectivity index (χ1) is 10.4. The van der Waals surface area contributed by atoms with Gasteiger partial charge in [0.25, 0.3) is 0 Å². The van der Waals surface area contributed by atoms with E-state index in [0.29, 0.717) is 0 Å². The number of hydrogen-bond acceptors (Lipinski definition) is 3. The molecule has 1 saturated heterocycles. The summed E-state index contributed by atoms with van der Waals surface area (Å²) in [5, 5.41) is 3.56. The molecule has 1 heterocycles. The van der Waals surface area contributed by atoms with E-state index in [1.807, 2.05) is 11.8 Å². The average molecular weight is 307 g/mol. The maximum absolute atomic E-state index is 3.56. The first kappa shape index (κ1) is 16.7. The van der Waals surface area contributed by atoms with Gasteiger partial charge >= 0.3 is 0 Å². The molecule has 0 bridgehead atoms. The number of nitrogens with zero attached hydrogens (tertiary/aromatic N) is 1. The van der Waals surface area contributed by atoms with Crippen LogP contribution in [0, 0.1) is 0 Å². The smallest absolute Gasteiger partial charge is 0.0366 e. The van der Waals surface area contributed by atoms with Gasteiger partial charge in [-0.25, -0.2) is 0 Å². The Bertz CT molecular complexity index is 371. The van der Waals surface area contributed by atoms with E-state index < -0.39 is 0 Å². The molecule has 1 aromatic carbocycles. The standard InChI is InChI=1S/C18H30N2S/c1-21-15-7-2-4-12-19-16-17-8-10-18(11-9-17)20-13-5-3-6-14-20/h8-11,19H,2-7,12-16H2,1H3. The zero-order chi connectivity index (χ0) is 14.8. The van der Waals surface area contributed by atoms with Crippen molar-refractivity contribution in [3.05, 3.63) is 29.8 Å². The highest BCUT2D eigenvalue weighted by atomic mass is 32.2. The number of nitrogens with one attached hydrogen (secondary N) is 1. The van der Waals surface area contributed by atoms with E-state index in [2.05, 4.69) is 40.7 Å². The summed E-state index contributed by atoms with van der Waals surface area (Å²) in [6, 6.07) is 9.15. The van der Waals surface area contributed by atoms with Crippen molar-refractivity contribution in [2.45, 2.75) is 45.1 Å². The Morgan fingerprint density at radius 1 is 1.00 bits per heavy atom. The molecule has 0 aliphatic carbocycles. The van der Waals surface area contributed by atoms with E-state index in [-0.39, 0.29) is 0 Å². The molecule has 2 nitrogen and oxygen atoms in total. The minimum atomic E-state index is 1.00. The van der Waals surface area contributed by atoms with Crippen LogP contribution in [0.2, 0.25) is 0 Å². The molecule has 0 amide bonds. The molecule has 0 atom stereocenters. The maximum Gasteiger partial charge on any atom is 0.0366 e.